The van der Waals surface area contributed by atoms with E-state index in [2.05, 4.69) is 68.1 Å². The summed E-state index contributed by atoms with van der Waals surface area (Å²) >= 11 is 0. The maximum Gasteiger partial charge on any atom is 0.167 e. The zero-order valence-electron chi connectivity index (χ0n) is 21.8. The highest BCUT2D eigenvalue weighted by atomic mass is 16.5. The molecule has 2 heterocycles. The lowest BCUT2D eigenvalue weighted by molar-refractivity contribution is 0.247. The van der Waals surface area contributed by atoms with Gasteiger partial charge in [-0.15, -0.1) is 0 Å². The van der Waals surface area contributed by atoms with E-state index in [1.807, 2.05) is 26.0 Å². The minimum atomic E-state index is 0.321. The maximum atomic E-state index is 5.53. The second-order valence-corrected chi connectivity index (χ2v) is 9.60. The molecule has 3 heteroatoms. The predicted octanol–water partition coefficient (Wildman–Crippen LogP) is 8.05. The van der Waals surface area contributed by atoms with E-state index in [1.54, 1.807) is 11.1 Å². The van der Waals surface area contributed by atoms with Gasteiger partial charge in [-0.05, 0) is 79.3 Å². The third-order valence-electron chi connectivity index (χ3n) is 7.55. The molecule has 0 spiro atoms. The number of benzene rings is 2. The van der Waals surface area contributed by atoms with E-state index >= 15 is 0 Å². The molecule has 0 radical (unpaired) electrons. The highest BCUT2D eigenvalue weighted by Crippen LogP contribution is 2.44. The van der Waals surface area contributed by atoms with Crippen molar-refractivity contribution in [2.75, 3.05) is 19.6 Å². The van der Waals surface area contributed by atoms with E-state index in [-0.39, 0.29) is 0 Å². The number of fused-ring (bicyclic) bond motifs is 2. The van der Waals surface area contributed by atoms with E-state index < -0.39 is 0 Å². The van der Waals surface area contributed by atoms with Gasteiger partial charge in [0.1, 0.15) is 0 Å². The lowest BCUT2D eigenvalue weighted by Crippen LogP contribution is -2.31. The Labute approximate surface area is 201 Å². The van der Waals surface area contributed by atoms with Gasteiger partial charge in [-0.3, -0.25) is 0 Å². The largest absolute Gasteiger partial charge is 0.356 e. The highest BCUT2D eigenvalue weighted by molar-refractivity contribution is 5.79. The van der Waals surface area contributed by atoms with Crippen LogP contribution in [-0.2, 0) is 11.8 Å². The summed E-state index contributed by atoms with van der Waals surface area (Å²) in [5.41, 5.74) is 7.04. The summed E-state index contributed by atoms with van der Waals surface area (Å²) in [4.78, 5) is 2.66. The first-order valence-corrected chi connectivity index (χ1v) is 13.2. The van der Waals surface area contributed by atoms with Crippen molar-refractivity contribution in [2.45, 2.75) is 91.4 Å². The molecule has 0 amide bonds. The molecule has 1 aliphatic rings. The van der Waals surface area contributed by atoms with Gasteiger partial charge >= 0.3 is 0 Å². The first-order valence-electron chi connectivity index (χ1n) is 13.2. The Morgan fingerprint density at radius 2 is 1.88 bits per heavy atom. The first-order chi connectivity index (χ1) is 16.1. The lowest BCUT2D eigenvalue weighted by Gasteiger charge is -2.37. The van der Waals surface area contributed by atoms with Crippen molar-refractivity contribution in [3.05, 3.63) is 64.8 Å². The zero-order valence-corrected chi connectivity index (χ0v) is 21.8. The molecule has 0 aliphatic carbocycles. The molecule has 0 fully saturated rings. The van der Waals surface area contributed by atoms with Gasteiger partial charge in [0.15, 0.2) is 5.58 Å². The van der Waals surface area contributed by atoms with Crippen LogP contribution < -0.4 is 0 Å². The SMILES string of the molecule is CC.CCCC1(CC)CCCN(CCc2noc3ccccc23)CC(C)c2cccc(C)c21. The molecule has 0 saturated heterocycles. The summed E-state index contributed by atoms with van der Waals surface area (Å²) < 4.78 is 5.53. The molecule has 3 nitrogen and oxygen atoms in total. The zero-order chi connectivity index (χ0) is 23.8. The fraction of sp³-hybridized carbons (Fsp3) is 0.567. The minimum Gasteiger partial charge on any atom is -0.356 e. The van der Waals surface area contributed by atoms with Gasteiger partial charge in [0.25, 0.3) is 0 Å². The van der Waals surface area contributed by atoms with Crippen molar-refractivity contribution in [3.63, 3.8) is 0 Å². The summed E-state index contributed by atoms with van der Waals surface area (Å²) in [6.07, 6.45) is 7.26. The summed E-state index contributed by atoms with van der Waals surface area (Å²) in [7, 11) is 0. The fourth-order valence-electron chi connectivity index (χ4n) is 6.01. The first kappa shape index (κ1) is 25.5. The molecule has 33 heavy (non-hydrogen) atoms. The Balaban J connectivity index is 0.00000149. The van der Waals surface area contributed by atoms with Crippen molar-refractivity contribution in [3.8, 4) is 0 Å². The average molecular weight is 449 g/mol. The molecule has 180 valence electrons. The van der Waals surface area contributed by atoms with E-state index in [0.717, 1.165) is 36.2 Å². The van der Waals surface area contributed by atoms with Crippen molar-refractivity contribution in [1.29, 1.82) is 0 Å². The van der Waals surface area contributed by atoms with Gasteiger partial charge in [-0.1, -0.05) is 76.5 Å². The smallest absolute Gasteiger partial charge is 0.167 e. The van der Waals surface area contributed by atoms with E-state index in [0.29, 0.717) is 11.3 Å². The topological polar surface area (TPSA) is 29.3 Å². The van der Waals surface area contributed by atoms with Crippen LogP contribution in [0.4, 0.5) is 0 Å². The third-order valence-corrected chi connectivity index (χ3v) is 7.55. The van der Waals surface area contributed by atoms with Crippen molar-refractivity contribution >= 4 is 11.0 Å². The van der Waals surface area contributed by atoms with Gasteiger partial charge in [-0.2, -0.15) is 0 Å². The Morgan fingerprint density at radius 1 is 1.09 bits per heavy atom. The summed E-state index contributed by atoms with van der Waals surface area (Å²) in [5.74, 6) is 0.532. The van der Waals surface area contributed by atoms with Crippen LogP contribution in [0.15, 0.2) is 47.0 Å². The normalized spacial score (nSPS) is 21.5. The third kappa shape index (κ3) is 5.51. The monoisotopic (exact) mass is 448 g/mol. The predicted molar refractivity (Wildman–Crippen MR) is 141 cm³/mol. The van der Waals surface area contributed by atoms with Crippen LogP contribution in [0.5, 0.6) is 0 Å². The summed E-state index contributed by atoms with van der Waals surface area (Å²) in [5, 5.41) is 5.53. The van der Waals surface area contributed by atoms with Crippen LogP contribution in [0.25, 0.3) is 11.0 Å². The number of para-hydroxylation sites is 1. The van der Waals surface area contributed by atoms with E-state index in [9.17, 15) is 0 Å². The molecule has 0 saturated carbocycles. The van der Waals surface area contributed by atoms with Crippen molar-refractivity contribution < 1.29 is 4.52 Å². The molecule has 2 atom stereocenters. The van der Waals surface area contributed by atoms with Crippen LogP contribution in [0.1, 0.15) is 95.0 Å². The van der Waals surface area contributed by atoms with Gasteiger partial charge in [0.05, 0.1) is 5.69 Å². The number of hydrogen-bond acceptors (Lipinski definition) is 3. The van der Waals surface area contributed by atoms with Crippen LogP contribution >= 0.6 is 0 Å². The molecule has 2 aromatic carbocycles. The summed E-state index contributed by atoms with van der Waals surface area (Å²) in [6, 6.07) is 15.2. The van der Waals surface area contributed by atoms with Crippen LogP contribution in [0, 0.1) is 6.92 Å². The number of nitrogens with zero attached hydrogens (tertiary/aromatic N) is 2. The Bertz CT molecular complexity index is 1010. The van der Waals surface area contributed by atoms with Gasteiger partial charge in [-0.25, -0.2) is 0 Å². The number of aromatic nitrogens is 1. The second kappa shape index (κ2) is 11.8. The molecular formula is C30H44N2O. The molecule has 2 unspecified atom stereocenters. The lowest BCUT2D eigenvalue weighted by atomic mass is 9.67. The maximum absolute atomic E-state index is 5.53. The second-order valence-electron chi connectivity index (χ2n) is 9.60. The van der Waals surface area contributed by atoms with Gasteiger partial charge in [0.2, 0.25) is 0 Å². The number of rotatable bonds is 6. The Hall–Kier alpha value is -2.13. The Kier molecular flexibility index (Phi) is 9.14. The van der Waals surface area contributed by atoms with Crippen molar-refractivity contribution in [2.24, 2.45) is 0 Å². The van der Waals surface area contributed by atoms with Gasteiger partial charge < -0.3 is 9.42 Å². The molecule has 1 aromatic heterocycles. The molecule has 0 N–H and O–H groups in total. The van der Waals surface area contributed by atoms with Gasteiger partial charge in [0, 0.05) is 24.9 Å². The molecule has 1 aliphatic heterocycles. The van der Waals surface area contributed by atoms with Crippen LogP contribution in [-0.4, -0.2) is 29.7 Å². The standard InChI is InChI=1S/C28H38N2O.C2H6/c1-5-16-28(6-2)17-10-18-30(20-22(4)23-13-9-11-21(3)27(23)28)19-15-25-24-12-7-8-14-26(24)31-29-25;1-2/h7-9,11-14,22H,5-6,10,15-20H2,1-4H3;1-2H3. The van der Waals surface area contributed by atoms with E-state index in [1.165, 1.54) is 44.2 Å². The molecule has 0 bridgehead atoms. The molecule has 3 aromatic rings. The van der Waals surface area contributed by atoms with E-state index in [4.69, 9.17) is 4.52 Å². The number of aryl methyl sites for hydroxylation is 1. The van der Waals surface area contributed by atoms with Crippen LogP contribution in [0.3, 0.4) is 0 Å². The van der Waals surface area contributed by atoms with Crippen molar-refractivity contribution in [1.82, 2.24) is 10.1 Å². The Morgan fingerprint density at radius 3 is 2.64 bits per heavy atom. The molecular weight excluding hydrogens is 404 g/mol. The summed E-state index contributed by atoms with van der Waals surface area (Å²) in [6.45, 7) is 16.8. The fourth-order valence-corrected chi connectivity index (χ4v) is 6.01. The highest BCUT2D eigenvalue weighted by Gasteiger charge is 2.35. The molecule has 4 rings (SSSR count). The number of hydrogen-bond donors (Lipinski definition) is 0. The van der Waals surface area contributed by atoms with Crippen LogP contribution in [0.2, 0.25) is 0 Å². The quantitative estimate of drug-likeness (QED) is 0.382. The minimum absolute atomic E-state index is 0.321. The average Bonchev–Trinajstić information content (AvgIpc) is 3.27.